The molecule has 3 aromatic rings. The van der Waals surface area contributed by atoms with Crippen LogP contribution in [0.4, 0.5) is 5.13 Å². The molecule has 9 heteroatoms. The fourth-order valence-corrected chi connectivity index (χ4v) is 4.00. The summed E-state index contributed by atoms with van der Waals surface area (Å²) in [6.45, 7) is 8.08. The van der Waals surface area contributed by atoms with Crippen LogP contribution in [-0.4, -0.2) is 38.0 Å². The van der Waals surface area contributed by atoms with Gasteiger partial charge in [0.05, 0.1) is 18.1 Å². The maximum Gasteiger partial charge on any atom is 0.239 e. The molecule has 0 radical (unpaired) electrons. The normalized spacial score (nSPS) is 11.8. The van der Waals surface area contributed by atoms with E-state index < -0.39 is 0 Å². The Hall–Kier alpha value is -2.65. The summed E-state index contributed by atoms with van der Waals surface area (Å²) in [6, 6.07) is 7.61. The van der Waals surface area contributed by atoms with Crippen LogP contribution in [0, 0.1) is 6.92 Å². The van der Waals surface area contributed by atoms with Crippen molar-refractivity contribution in [1.29, 1.82) is 0 Å². The van der Waals surface area contributed by atoms with Crippen LogP contribution in [-0.2, 0) is 11.3 Å². The van der Waals surface area contributed by atoms with Crippen molar-refractivity contribution in [3.63, 3.8) is 0 Å². The topological polar surface area (TPSA) is 81.9 Å². The van der Waals surface area contributed by atoms with E-state index in [0.29, 0.717) is 22.7 Å². The van der Waals surface area contributed by atoms with E-state index in [1.165, 1.54) is 23.1 Å². The number of thioether (sulfide) groups is 1. The number of nitrogens with zero attached hydrogens (tertiary/aromatic N) is 4. The number of carbonyl (C=O) groups is 1. The molecule has 0 aliphatic heterocycles. The number of nitrogens with one attached hydrogen (secondary N) is 1. The second kappa shape index (κ2) is 9.03. The first-order valence-electron chi connectivity index (χ1n) is 8.60. The quantitative estimate of drug-likeness (QED) is 0.442. The van der Waals surface area contributed by atoms with Crippen LogP contribution in [0.2, 0.25) is 0 Å². The molecule has 28 heavy (non-hydrogen) atoms. The van der Waals surface area contributed by atoms with Crippen LogP contribution in [0.15, 0.2) is 47.5 Å². The molecule has 1 aromatic carbocycles. The zero-order valence-electron chi connectivity index (χ0n) is 15.9. The van der Waals surface area contributed by atoms with Crippen LogP contribution in [0.5, 0.6) is 5.75 Å². The van der Waals surface area contributed by atoms with Gasteiger partial charge in [0, 0.05) is 17.5 Å². The summed E-state index contributed by atoms with van der Waals surface area (Å²) in [5, 5.41) is 14.2. The average Bonchev–Trinajstić information content (AvgIpc) is 3.28. The Morgan fingerprint density at radius 2 is 2.14 bits per heavy atom. The molecule has 2 aromatic heterocycles. The minimum absolute atomic E-state index is 0.126. The zero-order chi connectivity index (χ0) is 20.1. The standard InChI is InChI=1S/C19H21N5O2S2/c1-5-10-24-16(14-6-8-15(26-4)9-7-14)22-23-19(24)28-13(3)17(25)21-18-20-12(2)11-27-18/h5-9,11,13H,1,10H2,2-4H3,(H,20,21,25)/t13-/m1/s1. The summed E-state index contributed by atoms with van der Waals surface area (Å²) < 4.78 is 7.15. The van der Waals surface area contributed by atoms with Gasteiger partial charge in [-0.2, -0.15) is 0 Å². The first kappa shape index (κ1) is 20.1. The summed E-state index contributed by atoms with van der Waals surface area (Å²) in [5.74, 6) is 1.36. The first-order chi connectivity index (χ1) is 13.5. The van der Waals surface area contributed by atoms with E-state index in [0.717, 1.165) is 17.0 Å². The van der Waals surface area contributed by atoms with E-state index >= 15 is 0 Å². The maximum atomic E-state index is 12.5. The number of ether oxygens (including phenoxy) is 1. The molecule has 0 unspecified atom stereocenters. The van der Waals surface area contributed by atoms with Gasteiger partial charge in [-0.1, -0.05) is 17.8 Å². The van der Waals surface area contributed by atoms with Crippen LogP contribution < -0.4 is 10.1 Å². The summed E-state index contributed by atoms with van der Waals surface area (Å²) in [5.41, 5.74) is 1.80. The highest BCUT2D eigenvalue weighted by atomic mass is 32.2. The SMILES string of the molecule is C=CCn1c(S[C@H](C)C(=O)Nc2nc(C)cs2)nnc1-c1ccc(OC)cc1. The first-order valence-corrected chi connectivity index (χ1v) is 10.4. The van der Waals surface area contributed by atoms with Crippen molar-refractivity contribution >= 4 is 34.1 Å². The molecule has 0 saturated heterocycles. The Bertz CT molecular complexity index is 965. The Kier molecular flexibility index (Phi) is 6.48. The number of allylic oxidation sites excluding steroid dienone is 1. The van der Waals surface area contributed by atoms with E-state index in [9.17, 15) is 4.79 Å². The van der Waals surface area contributed by atoms with E-state index in [2.05, 4.69) is 27.1 Å². The highest BCUT2D eigenvalue weighted by molar-refractivity contribution is 8.00. The lowest BCUT2D eigenvalue weighted by molar-refractivity contribution is -0.115. The number of thiazole rings is 1. The molecule has 0 saturated carbocycles. The van der Waals surface area contributed by atoms with Crippen molar-refractivity contribution in [2.75, 3.05) is 12.4 Å². The fraction of sp³-hybridized carbons (Fsp3) is 0.263. The van der Waals surface area contributed by atoms with Crippen molar-refractivity contribution < 1.29 is 9.53 Å². The molecule has 1 atom stereocenters. The highest BCUT2D eigenvalue weighted by Gasteiger charge is 2.21. The van der Waals surface area contributed by atoms with Gasteiger partial charge in [0.25, 0.3) is 0 Å². The van der Waals surface area contributed by atoms with Crippen molar-refractivity contribution in [3.8, 4) is 17.1 Å². The van der Waals surface area contributed by atoms with Crippen LogP contribution in [0.3, 0.4) is 0 Å². The molecular formula is C19H21N5O2S2. The van der Waals surface area contributed by atoms with Gasteiger partial charge in [-0.05, 0) is 38.1 Å². The lowest BCUT2D eigenvalue weighted by atomic mass is 10.2. The zero-order valence-corrected chi connectivity index (χ0v) is 17.5. The number of hydrogen-bond acceptors (Lipinski definition) is 7. The summed E-state index contributed by atoms with van der Waals surface area (Å²) in [7, 11) is 1.63. The predicted molar refractivity (Wildman–Crippen MR) is 113 cm³/mol. The predicted octanol–water partition coefficient (Wildman–Crippen LogP) is 4.02. The number of aromatic nitrogens is 4. The number of rotatable bonds is 8. The largest absolute Gasteiger partial charge is 0.497 e. The minimum atomic E-state index is -0.360. The van der Waals surface area contributed by atoms with Crippen molar-refractivity contribution in [1.82, 2.24) is 19.7 Å². The molecule has 0 spiro atoms. The van der Waals surface area contributed by atoms with Crippen molar-refractivity contribution in [2.45, 2.75) is 30.8 Å². The summed E-state index contributed by atoms with van der Waals surface area (Å²) >= 11 is 2.76. The van der Waals surface area contributed by atoms with Gasteiger partial charge >= 0.3 is 0 Å². The molecule has 0 fully saturated rings. The van der Waals surface area contributed by atoms with Crippen LogP contribution >= 0.6 is 23.1 Å². The second-order valence-electron chi connectivity index (χ2n) is 5.98. The minimum Gasteiger partial charge on any atom is -0.497 e. The van der Waals surface area contributed by atoms with E-state index in [4.69, 9.17) is 4.74 Å². The fourth-order valence-electron chi connectivity index (χ4n) is 2.45. The highest BCUT2D eigenvalue weighted by Crippen LogP contribution is 2.28. The summed E-state index contributed by atoms with van der Waals surface area (Å²) in [6.07, 6.45) is 1.78. The van der Waals surface area contributed by atoms with Gasteiger partial charge in [0.15, 0.2) is 16.1 Å². The molecular weight excluding hydrogens is 394 g/mol. The number of hydrogen-bond donors (Lipinski definition) is 1. The molecule has 3 rings (SSSR count). The molecule has 1 amide bonds. The molecule has 0 aliphatic rings. The van der Waals surface area contributed by atoms with Gasteiger partial charge in [0.1, 0.15) is 5.75 Å². The lowest BCUT2D eigenvalue weighted by Crippen LogP contribution is -2.22. The van der Waals surface area contributed by atoms with Gasteiger partial charge in [-0.3, -0.25) is 9.36 Å². The van der Waals surface area contributed by atoms with Crippen molar-refractivity contribution in [2.24, 2.45) is 0 Å². The molecule has 0 bridgehead atoms. The lowest BCUT2D eigenvalue weighted by Gasteiger charge is -2.12. The third-order valence-corrected chi connectivity index (χ3v) is 5.83. The van der Waals surface area contributed by atoms with Gasteiger partial charge < -0.3 is 10.1 Å². The Labute approximate surface area is 171 Å². The van der Waals surface area contributed by atoms with Gasteiger partial charge in [-0.25, -0.2) is 4.98 Å². The molecule has 146 valence electrons. The van der Waals surface area contributed by atoms with E-state index in [-0.39, 0.29) is 11.2 Å². The van der Waals surface area contributed by atoms with Gasteiger partial charge in [-0.15, -0.1) is 28.1 Å². The number of benzene rings is 1. The second-order valence-corrected chi connectivity index (χ2v) is 8.14. The molecule has 2 heterocycles. The van der Waals surface area contributed by atoms with Crippen molar-refractivity contribution in [3.05, 3.63) is 48.0 Å². The molecule has 0 aliphatic carbocycles. The third-order valence-electron chi connectivity index (χ3n) is 3.88. The monoisotopic (exact) mass is 415 g/mol. The number of methoxy groups -OCH3 is 1. The Morgan fingerprint density at radius 3 is 2.75 bits per heavy atom. The Balaban J connectivity index is 1.78. The smallest absolute Gasteiger partial charge is 0.239 e. The average molecular weight is 416 g/mol. The van der Waals surface area contributed by atoms with Gasteiger partial charge in [0.2, 0.25) is 5.91 Å². The van der Waals surface area contributed by atoms with E-state index in [1.54, 1.807) is 13.2 Å². The van der Waals surface area contributed by atoms with Crippen LogP contribution in [0.1, 0.15) is 12.6 Å². The number of aryl methyl sites for hydroxylation is 1. The summed E-state index contributed by atoms with van der Waals surface area (Å²) in [4.78, 5) is 16.8. The number of carbonyl (C=O) groups excluding carboxylic acids is 1. The molecule has 7 nitrogen and oxygen atoms in total. The molecule has 1 N–H and O–H groups in total. The van der Waals surface area contributed by atoms with E-state index in [1.807, 2.05) is 48.1 Å². The third kappa shape index (κ3) is 4.60. The Morgan fingerprint density at radius 1 is 1.39 bits per heavy atom. The maximum absolute atomic E-state index is 12.5. The number of amides is 1. The number of anilines is 1. The van der Waals surface area contributed by atoms with Crippen LogP contribution in [0.25, 0.3) is 11.4 Å².